The highest BCUT2D eigenvalue weighted by atomic mass is 33.1. The molecule has 0 spiro atoms. The molecule has 0 radical (unpaired) electrons. The molecule has 0 saturated carbocycles. The lowest BCUT2D eigenvalue weighted by Crippen LogP contribution is -2.33. The second-order valence-corrected chi connectivity index (χ2v) is 16.9. The second-order valence-electron chi connectivity index (χ2n) is 9.89. The quantitative estimate of drug-likeness (QED) is 0.104. The summed E-state index contributed by atoms with van der Waals surface area (Å²) >= 11 is 0. The van der Waals surface area contributed by atoms with E-state index in [4.69, 9.17) is 0 Å². The van der Waals surface area contributed by atoms with Gasteiger partial charge in [0.1, 0.15) is 0 Å². The smallest absolute Gasteiger partial charge is 0.0870 e. The van der Waals surface area contributed by atoms with E-state index in [0.29, 0.717) is 21.0 Å². The number of nitrogens with zero attached hydrogens (tertiary/aromatic N) is 2. The molecule has 2 nitrogen and oxygen atoms in total. The normalized spacial score (nSPS) is 12.0. The van der Waals surface area contributed by atoms with Gasteiger partial charge in [0.15, 0.2) is 0 Å². The van der Waals surface area contributed by atoms with Crippen molar-refractivity contribution in [2.45, 2.75) is 132 Å². The molecule has 0 bridgehead atoms. The predicted octanol–water partition coefficient (Wildman–Crippen LogP) is 10.5. The van der Waals surface area contributed by atoms with E-state index in [1.807, 2.05) is 0 Å². The van der Waals surface area contributed by atoms with E-state index in [0.717, 1.165) is 0 Å². The van der Waals surface area contributed by atoms with Crippen molar-refractivity contribution in [2.75, 3.05) is 49.2 Å². The molecule has 218 valence electrons. The van der Waals surface area contributed by atoms with Gasteiger partial charge in [-0.15, -0.1) is 0 Å². The molecule has 0 amide bonds. The molecule has 0 aromatic heterocycles. The van der Waals surface area contributed by atoms with Crippen molar-refractivity contribution in [3.05, 3.63) is 0 Å². The SMILES string of the molecule is CCCCN(CCCC)C(SSC(N(CCC)CCC)=S(CCC)CCC)=S(CCCC)CCCC. The summed E-state index contributed by atoms with van der Waals surface area (Å²) in [6.45, 7) is 23.9. The molecule has 0 aromatic rings. The first-order chi connectivity index (χ1) is 17.6. The van der Waals surface area contributed by atoms with Gasteiger partial charge >= 0.3 is 0 Å². The summed E-state index contributed by atoms with van der Waals surface area (Å²) in [5.74, 6) is 5.52. The van der Waals surface area contributed by atoms with E-state index >= 15 is 0 Å². The molecule has 0 aromatic carbocycles. The maximum atomic E-state index is 2.86. The van der Waals surface area contributed by atoms with Crippen LogP contribution in [0.4, 0.5) is 0 Å². The Bertz CT molecular complexity index is 545. The van der Waals surface area contributed by atoms with Crippen LogP contribution in [-0.2, 0) is 0 Å². The summed E-state index contributed by atoms with van der Waals surface area (Å²) in [6, 6.07) is 0. The van der Waals surface area contributed by atoms with Gasteiger partial charge in [0.2, 0.25) is 0 Å². The van der Waals surface area contributed by atoms with E-state index < -0.39 is 0 Å². The van der Waals surface area contributed by atoms with Crippen molar-refractivity contribution in [1.29, 1.82) is 0 Å². The molecule has 0 saturated heterocycles. The minimum atomic E-state index is 0.396. The standard InChI is InChI=1S/C30H64N2S4/c1-9-17-23-32(24-18-10-2)30(36(27-19-11-3)28-20-12-4)34-33-29(31(21-13-5)22-14-6)35(25-15-7)26-16-8/h9-28H2,1-8H3. The lowest BCUT2D eigenvalue weighted by atomic mass is 10.3. The topological polar surface area (TPSA) is 6.48 Å². The lowest BCUT2D eigenvalue weighted by molar-refractivity contribution is 0.410. The molecule has 0 atom stereocenters. The van der Waals surface area contributed by atoms with Gasteiger partial charge in [0.05, 0.1) is 8.64 Å². The number of unbranched alkanes of at least 4 members (excludes halogenated alkanes) is 4. The molecule has 0 aliphatic heterocycles. The largest absolute Gasteiger partial charge is 0.264 e. The Morgan fingerprint density at radius 1 is 0.417 bits per heavy atom. The summed E-state index contributed by atoms with van der Waals surface area (Å²) in [5, 5.41) is 0. The Labute approximate surface area is 241 Å². The van der Waals surface area contributed by atoms with E-state index in [1.165, 1.54) is 126 Å². The van der Waals surface area contributed by atoms with Crippen LogP contribution in [0.2, 0.25) is 0 Å². The van der Waals surface area contributed by atoms with Crippen LogP contribution in [0.1, 0.15) is 132 Å². The van der Waals surface area contributed by atoms with Gasteiger partial charge in [-0.25, -0.2) is 0 Å². The second kappa shape index (κ2) is 26.3. The van der Waals surface area contributed by atoms with Crippen molar-refractivity contribution >= 4 is 51.2 Å². The Balaban J connectivity index is 6.48. The Hall–Kier alpha value is 1.06. The minimum Gasteiger partial charge on any atom is -0.264 e. The fraction of sp³-hybridized carbons (Fsp3) is 0.933. The summed E-state index contributed by atoms with van der Waals surface area (Å²) in [6.07, 6.45) is 15.7. The molecule has 0 aliphatic carbocycles. The van der Waals surface area contributed by atoms with Crippen molar-refractivity contribution < 1.29 is 0 Å². The summed E-state index contributed by atoms with van der Waals surface area (Å²) in [7, 11) is 5.20. The molecule has 0 N–H and O–H groups in total. The third kappa shape index (κ3) is 16.2. The van der Waals surface area contributed by atoms with Crippen LogP contribution in [0.3, 0.4) is 0 Å². The first-order valence-electron chi connectivity index (χ1n) is 15.5. The lowest BCUT2D eigenvalue weighted by Gasteiger charge is -2.31. The highest BCUT2D eigenvalue weighted by Gasteiger charge is 2.21. The van der Waals surface area contributed by atoms with Gasteiger partial charge in [0, 0.05) is 26.2 Å². The molecule has 6 heteroatoms. The Kier molecular flexibility index (Phi) is 27.1. The van der Waals surface area contributed by atoms with Crippen LogP contribution in [0.5, 0.6) is 0 Å². The van der Waals surface area contributed by atoms with E-state index in [1.54, 1.807) is 8.64 Å². The monoisotopic (exact) mass is 580 g/mol. The highest BCUT2D eigenvalue weighted by Crippen LogP contribution is 2.39. The zero-order valence-electron chi connectivity index (χ0n) is 25.7. The van der Waals surface area contributed by atoms with Crippen LogP contribution >= 0.6 is 42.6 Å². The zero-order valence-corrected chi connectivity index (χ0v) is 28.9. The van der Waals surface area contributed by atoms with Crippen LogP contribution in [0, 0.1) is 0 Å². The molecular weight excluding hydrogens is 517 g/mol. The van der Waals surface area contributed by atoms with Crippen molar-refractivity contribution in [2.24, 2.45) is 0 Å². The Morgan fingerprint density at radius 3 is 1.11 bits per heavy atom. The number of hydrogen-bond acceptors (Lipinski definition) is 2. The molecule has 0 rings (SSSR count). The summed E-state index contributed by atoms with van der Waals surface area (Å²) < 4.78 is 3.48. The number of rotatable bonds is 20. The van der Waals surface area contributed by atoms with Gasteiger partial charge in [-0.05, 0) is 96.0 Å². The molecule has 0 aliphatic rings. The van der Waals surface area contributed by atoms with E-state index in [9.17, 15) is 0 Å². The van der Waals surface area contributed by atoms with E-state index in [2.05, 4.69) is 86.8 Å². The average molecular weight is 581 g/mol. The average Bonchev–Trinajstić information content (AvgIpc) is 2.88. The maximum absolute atomic E-state index is 2.86. The van der Waals surface area contributed by atoms with Crippen molar-refractivity contribution in [3.8, 4) is 0 Å². The number of hydrogen-bond donors (Lipinski definition) is 0. The third-order valence-electron chi connectivity index (χ3n) is 6.13. The van der Waals surface area contributed by atoms with Gasteiger partial charge in [-0.1, -0.05) is 81.1 Å². The first kappa shape index (κ1) is 37.1. The molecular formula is C30H64N2S4. The Morgan fingerprint density at radius 2 is 0.778 bits per heavy atom. The highest BCUT2D eigenvalue weighted by molar-refractivity contribution is 8.90. The first-order valence-corrected chi connectivity index (χ1v) is 20.8. The maximum Gasteiger partial charge on any atom is 0.0870 e. The van der Waals surface area contributed by atoms with Gasteiger partial charge in [-0.2, -0.15) is 21.0 Å². The molecule has 0 fully saturated rings. The van der Waals surface area contributed by atoms with Crippen LogP contribution in [0.25, 0.3) is 0 Å². The van der Waals surface area contributed by atoms with Crippen molar-refractivity contribution in [1.82, 2.24) is 9.80 Å². The van der Waals surface area contributed by atoms with Crippen LogP contribution in [0.15, 0.2) is 0 Å². The van der Waals surface area contributed by atoms with E-state index in [-0.39, 0.29) is 0 Å². The third-order valence-corrected chi connectivity index (χ3v) is 15.6. The summed E-state index contributed by atoms with van der Waals surface area (Å²) in [5.41, 5.74) is 0. The van der Waals surface area contributed by atoms with Gasteiger partial charge < -0.3 is 0 Å². The van der Waals surface area contributed by atoms with Crippen LogP contribution < -0.4 is 0 Å². The molecule has 0 heterocycles. The fourth-order valence-electron chi connectivity index (χ4n) is 4.15. The van der Waals surface area contributed by atoms with Gasteiger partial charge in [-0.3, -0.25) is 9.80 Å². The summed E-state index contributed by atoms with van der Waals surface area (Å²) in [4.78, 5) is 5.65. The van der Waals surface area contributed by atoms with Crippen LogP contribution in [-0.4, -0.2) is 67.6 Å². The fourth-order valence-corrected chi connectivity index (χ4v) is 14.5. The minimum absolute atomic E-state index is 0.396. The molecule has 36 heavy (non-hydrogen) atoms. The van der Waals surface area contributed by atoms with Crippen molar-refractivity contribution in [3.63, 3.8) is 0 Å². The zero-order chi connectivity index (χ0) is 27.0. The predicted molar refractivity (Wildman–Crippen MR) is 184 cm³/mol. The molecule has 0 unspecified atom stereocenters. The van der Waals surface area contributed by atoms with Gasteiger partial charge in [0.25, 0.3) is 0 Å².